The molecule has 0 aromatic rings. The van der Waals surface area contributed by atoms with Crippen LogP contribution >= 0.6 is 0 Å². The van der Waals surface area contributed by atoms with Crippen LogP contribution in [0.5, 0.6) is 0 Å². The maximum atomic E-state index is 9.76. The van der Waals surface area contributed by atoms with E-state index in [9.17, 15) is 5.11 Å². The molecule has 1 aliphatic rings. The molecule has 1 fully saturated rings. The third-order valence-electron chi connectivity index (χ3n) is 3.34. The van der Waals surface area contributed by atoms with Gasteiger partial charge in [0, 0.05) is 25.7 Å². The fraction of sp³-hybridized carbons (Fsp3) is 1.00. The highest BCUT2D eigenvalue weighted by Gasteiger charge is 2.25. The Morgan fingerprint density at radius 3 is 2.88 bits per heavy atom. The van der Waals surface area contributed by atoms with Gasteiger partial charge in [-0.25, -0.2) is 0 Å². The second kappa shape index (κ2) is 7.22. The smallest absolute Gasteiger partial charge is 0.0900 e. The molecule has 1 heterocycles. The Morgan fingerprint density at radius 2 is 2.31 bits per heavy atom. The number of hydrogen-bond donors (Lipinski definition) is 2. The zero-order chi connectivity index (χ0) is 12.0. The summed E-state index contributed by atoms with van der Waals surface area (Å²) in [4.78, 5) is 2.34. The zero-order valence-corrected chi connectivity index (χ0v) is 10.8. The van der Waals surface area contributed by atoms with Crippen molar-refractivity contribution in [3.8, 4) is 0 Å². The van der Waals surface area contributed by atoms with Gasteiger partial charge in [-0.2, -0.15) is 0 Å². The van der Waals surface area contributed by atoms with Crippen LogP contribution in [0.25, 0.3) is 0 Å². The number of rotatable bonds is 6. The van der Waals surface area contributed by atoms with E-state index in [0.717, 1.165) is 19.6 Å². The van der Waals surface area contributed by atoms with Crippen LogP contribution in [0.1, 0.15) is 20.3 Å². The molecule has 0 amide bonds. The molecule has 0 bridgehead atoms. The maximum Gasteiger partial charge on any atom is 0.0900 e. The van der Waals surface area contributed by atoms with Crippen LogP contribution in [-0.4, -0.2) is 62.0 Å². The number of β-amino-alcohol motifs (C(OH)–C–C–N with tert-alkyl or cyclic N) is 1. The average Bonchev–Trinajstić information content (AvgIpc) is 2.26. The molecule has 16 heavy (non-hydrogen) atoms. The van der Waals surface area contributed by atoms with Crippen molar-refractivity contribution in [3.63, 3.8) is 0 Å². The summed E-state index contributed by atoms with van der Waals surface area (Å²) >= 11 is 0. The molecule has 0 spiro atoms. The van der Waals surface area contributed by atoms with Gasteiger partial charge >= 0.3 is 0 Å². The van der Waals surface area contributed by atoms with Crippen LogP contribution in [-0.2, 0) is 4.74 Å². The second-order valence-corrected chi connectivity index (χ2v) is 4.73. The van der Waals surface area contributed by atoms with E-state index in [1.54, 1.807) is 0 Å². The Labute approximate surface area is 99.0 Å². The quantitative estimate of drug-likeness (QED) is 0.689. The summed E-state index contributed by atoms with van der Waals surface area (Å²) < 4.78 is 5.22. The Kier molecular flexibility index (Phi) is 6.28. The Balaban J connectivity index is 2.24. The van der Waals surface area contributed by atoms with Crippen molar-refractivity contribution in [3.05, 3.63) is 0 Å². The molecule has 0 saturated carbocycles. The minimum Gasteiger partial charge on any atom is -0.389 e. The van der Waals surface area contributed by atoms with Gasteiger partial charge < -0.3 is 20.1 Å². The molecule has 3 unspecified atom stereocenters. The minimum absolute atomic E-state index is 0.349. The first-order valence-corrected chi connectivity index (χ1v) is 6.32. The molecular formula is C12H26N2O2. The number of aliphatic hydroxyl groups excluding tert-OH is 1. The van der Waals surface area contributed by atoms with E-state index in [0.29, 0.717) is 25.2 Å². The number of aliphatic hydroxyl groups is 1. The summed E-state index contributed by atoms with van der Waals surface area (Å²) in [6, 6.07) is 0.625. The first-order chi connectivity index (χ1) is 7.67. The van der Waals surface area contributed by atoms with Crippen molar-refractivity contribution < 1.29 is 9.84 Å². The van der Waals surface area contributed by atoms with Crippen LogP contribution in [0.15, 0.2) is 0 Å². The lowest BCUT2D eigenvalue weighted by molar-refractivity contribution is 0.0109. The van der Waals surface area contributed by atoms with Crippen molar-refractivity contribution in [2.24, 2.45) is 5.92 Å². The van der Waals surface area contributed by atoms with Gasteiger partial charge in [-0.1, -0.05) is 6.92 Å². The Bertz CT molecular complexity index is 190. The molecule has 2 N–H and O–H groups in total. The second-order valence-electron chi connectivity index (χ2n) is 4.73. The number of nitrogens with zero attached hydrogens (tertiary/aromatic N) is 1. The lowest BCUT2D eigenvalue weighted by Crippen LogP contribution is -2.49. The van der Waals surface area contributed by atoms with E-state index < -0.39 is 0 Å². The molecule has 0 radical (unpaired) electrons. The van der Waals surface area contributed by atoms with Gasteiger partial charge in [0.15, 0.2) is 0 Å². The molecule has 3 atom stereocenters. The van der Waals surface area contributed by atoms with Crippen LogP contribution < -0.4 is 5.32 Å². The largest absolute Gasteiger partial charge is 0.389 e. The zero-order valence-electron chi connectivity index (χ0n) is 10.8. The van der Waals surface area contributed by atoms with Crippen molar-refractivity contribution in [1.29, 1.82) is 0 Å². The Morgan fingerprint density at radius 1 is 1.56 bits per heavy atom. The van der Waals surface area contributed by atoms with E-state index in [2.05, 4.69) is 17.1 Å². The number of ether oxygens (including phenoxy) is 1. The van der Waals surface area contributed by atoms with Crippen molar-refractivity contribution >= 4 is 0 Å². The number of nitrogens with one attached hydrogen (secondary N) is 1. The molecule has 1 saturated heterocycles. The number of likely N-dealkylation sites (tertiary alicyclic amines) is 1. The van der Waals surface area contributed by atoms with Gasteiger partial charge in [-0.3, -0.25) is 0 Å². The van der Waals surface area contributed by atoms with Crippen LogP contribution in [0.4, 0.5) is 0 Å². The fourth-order valence-electron chi connectivity index (χ4n) is 2.43. The molecule has 0 aromatic heterocycles. The van der Waals surface area contributed by atoms with E-state index in [1.807, 2.05) is 14.0 Å². The minimum atomic E-state index is -0.349. The SMILES string of the molecule is CCOCC(O)CN1CCC(NC)C(C)C1. The van der Waals surface area contributed by atoms with Crippen LogP contribution in [0.2, 0.25) is 0 Å². The van der Waals surface area contributed by atoms with Gasteiger partial charge in [-0.15, -0.1) is 0 Å². The molecule has 0 aliphatic carbocycles. The summed E-state index contributed by atoms with van der Waals surface area (Å²) in [6.07, 6.45) is 0.817. The maximum absolute atomic E-state index is 9.76. The predicted molar refractivity (Wildman–Crippen MR) is 65.6 cm³/mol. The highest BCUT2D eigenvalue weighted by molar-refractivity contribution is 4.82. The molecule has 4 nitrogen and oxygen atoms in total. The molecule has 0 aromatic carbocycles. The summed E-state index contributed by atoms with van der Waals surface area (Å²) in [5, 5.41) is 13.1. The first kappa shape index (κ1) is 13.9. The normalized spacial score (nSPS) is 29.2. The summed E-state index contributed by atoms with van der Waals surface area (Å²) in [5.41, 5.74) is 0. The van der Waals surface area contributed by atoms with Gasteiger partial charge in [0.05, 0.1) is 12.7 Å². The van der Waals surface area contributed by atoms with Gasteiger partial charge in [0.1, 0.15) is 0 Å². The van der Waals surface area contributed by atoms with E-state index >= 15 is 0 Å². The average molecular weight is 230 g/mol. The monoisotopic (exact) mass is 230 g/mol. The van der Waals surface area contributed by atoms with Crippen molar-refractivity contribution in [2.75, 3.05) is 39.9 Å². The van der Waals surface area contributed by atoms with E-state index in [-0.39, 0.29) is 6.10 Å². The lowest BCUT2D eigenvalue weighted by Gasteiger charge is -2.37. The standard InChI is InChI=1S/C12H26N2O2/c1-4-16-9-11(15)8-14-6-5-12(13-3)10(2)7-14/h10-13,15H,4-9H2,1-3H3. The van der Waals surface area contributed by atoms with E-state index in [1.165, 1.54) is 6.42 Å². The number of piperidine rings is 1. The third-order valence-corrected chi connectivity index (χ3v) is 3.34. The first-order valence-electron chi connectivity index (χ1n) is 6.32. The predicted octanol–water partition coefficient (Wildman–Crippen LogP) is 0.314. The van der Waals surface area contributed by atoms with Crippen LogP contribution in [0.3, 0.4) is 0 Å². The summed E-state index contributed by atoms with van der Waals surface area (Å²) in [7, 11) is 2.03. The number of hydrogen-bond acceptors (Lipinski definition) is 4. The lowest BCUT2D eigenvalue weighted by atomic mass is 9.94. The summed E-state index contributed by atoms with van der Waals surface area (Å²) in [5.74, 6) is 0.651. The van der Waals surface area contributed by atoms with Crippen molar-refractivity contribution in [2.45, 2.75) is 32.4 Å². The van der Waals surface area contributed by atoms with Gasteiger partial charge in [-0.05, 0) is 32.9 Å². The van der Waals surface area contributed by atoms with Crippen molar-refractivity contribution in [1.82, 2.24) is 10.2 Å². The van der Waals surface area contributed by atoms with Crippen LogP contribution in [0, 0.1) is 5.92 Å². The fourth-order valence-corrected chi connectivity index (χ4v) is 2.43. The Hall–Kier alpha value is -0.160. The third kappa shape index (κ3) is 4.37. The van der Waals surface area contributed by atoms with E-state index in [4.69, 9.17) is 4.74 Å². The molecule has 96 valence electrons. The summed E-state index contributed by atoms with van der Waals surface area (Å²) in [6.45, 7) is 8.22. The molecule has 1 aliphatic heterocycles. The molecular weight excluding hydrogens is 204 g/mol. The van der Waals surface area contributed by atoms with Gasteiger partial charge in [0.25, 0.3) is 0 Å². The highest BCUT2D eigenvalue weighted by atomic mass is 16.5. The van der Waals surface area contributed by atoms with Gasteiger partial charge in [0.2, 0.25) is 0 Å². The topological polar surface area (TPSA) is 44.7 Å². The molecule has 1 rings (SSSR count). The molecule has 4 heteroatoms. The highest BCUT2D eigenvalue weighted by Crippen LogP contribution is 2.16.